The first-order valence-electron chi connectivity index (χ1n) is 9.94. The first-order chi connectivity index (χ1) is 14.1. The summed E-state index contributed by atoms with van der Waals surface area (Å²) in [4.78, 5) is 24.8. The second-order valence-electron chi connectivity index (χ2n) is 7.47. The van der Waals surface area contributed by atoms with E-state index in [4.69, 9.17) is 14.7 Å². The van der Waals surface area contributed by atoms with Crippen LogP contribution in [0, 0.1) is 0 Å². The fourth-order valence-electron chi connectivity index (χ4n) is 3.57. The molecule has 0 unspecified atom stereocenters. The van der Waals surface area contributed by atoms with Crippen LogP contribution in [0.15, 0.2) is 29.3 Å². The van der Waals surface area contributed by atoms with Crippen LogP contribution in [-0.2, 0) is 17.6 Å². The lowest BCUT2D eigenvalue weighted by Crippen LogP contribution is -2.15. The van der Waals surface area contributed by atoms with Crippen molar-refractivity contribution in [2.45, 2.75) is 50.5 Å². The fraction of sp³-hybridized carbons (Fsp3) is 0.409. The van der Waals surface area contributed by atoms with Crippen LogP contribution < -0.4 is 10.1 Å². The highest BCUT2D eigenvalue weighted by Crippen LogP contribution is 2.40. The van der Waals surface area contributed by atoms with E-state index >= 15 is 0 Å². The number of hydrogen-bond donors (Lipinski definition) is 1. The highest BCUT2D eigenvalue weighted by molar-refractivity contribution is 8.00. The van der Waals surface area contributed by atoms with Gasteiger partial charge in [-0.25, -0.2) is 9.97 Å². The Bertz CT molecular complexity index is 1050. The van der Waals surface area contributed by atoms with E-state index in [1.165, 1.54) is 40.4 Å². The molecule has 1 aromatic carbocycles. The molecular formula is C22H25N3O2S2. The minimum Gasteiger partial charge on any atom is -0.495 e. The molecule has 0 saturated heterocycles. The molecule has 1 N–H and O–H groups in total. The smallest absolute Gasteiger partial charge is 0.234 e. The number of aryl methyl sites for hydroxylation is 2. The van der Waals surface area contributed by atoms with Gasteiger partial charge in [0.25, 0.3) is 0 Å². The third-order valence-electron chi connectivity index (χ3n) is 5.04. The molecule has 0 spiro atoms. The Labute approximate surface area is 179 Å². The summed E-state index contributed by atoms with van der Waals surface area (Å²) in [5.74, 6) is 1.99. The highest BCUT2D eigenvalue weighted by Gasteiger charge is 2.22. The van der Waals surface area contributed by atoms with Crippen molar-refractivity contribution in [3.05, 3.63) is 40.5 Å². The number of methoxy groups -OCH3 is 1. The maximum absolute atomic E-state index is 12.6. The average molecular weight is 428 g/mol. The summed E-state index contributed by atoms with van der Waals surface area (Å²) in [6.07, 6.45) is 4.67. The lowest BCUT2D eigenvalue weighted by Gasteiger charge is -2.13. The van der Waals surface area contributed by atoms with Crippen LogP contribution in [0.25, 0.3) is 10.2 Å². The SMILES string of the molecule is COc1ccccc1NC(=O)CSc1nc(C(C)C)nc2sc3c(c12)CCCC3. The van der Waals surface area contributed by atoms with Crippen molar-refractivity contribution >= 4 is 44.9 Å². The van der Waals surface area contributed by atoms with Crippen molar-refractivity contribution in [3.8, 4) is 5.75 Å². The number of hydrogen-bond acceptors (Lipinski definition) is 6. The Morgan fingerprint density at radius 2 is 2.03 bits per heavy atom. The van der Waals surface area contributed by atoms with Gasteiger partial charge in [0.2, 0.25) is 5.91 Å². The quantitative estimate of drug-likeness (QED) is 0.420. The summed E-state index contributed by atoms with van der Waals surface area (Å²) in [6, 6.07) is 7.44. The van der Waals surface area contributed by atoms with Crippen molar-refractivity contribution in [2.75, 3.05) is 18.2 Å². The number of fused-ring (bicyclic) bond motifs is 3. The Kier molecular flexibility index (Phi) is 6.06. The van der Waals surface area contributed by atoms with Crippen LogP contribution in [0.3, 0.4) is 0 Å². The van der Waals surface area contributed by atoms with E-state index in [0.29, 0.717) is 17.2 Å². The number of carbonyl (C=O) groups excluding carboxylic acids is 1. The fourth-order valence-corrected chi connectivity index (χ4v) is 5.77. The summed E-state index contributed by atoms with van der Waals surface area (Å²) < 4.78 is 5.32. The molecule has 5 nitrogen and oxygen atoms in total. The van der Waals surface area contributed by atoms with Crippen molar-refractivity contribution < 1.29 is 9.53 Å². The first kappa shape index (κ1) is 20.2. The van der Waals surface area contributed by atoms with Gasteiger partial charge in [0.1, 0.15) is 21.4 Å². The number of benzene rings is 1. The molecule has 0 saturated carbocycles. The molecule has 2 aromatic heterocycles. The zero-order valence-corrected chi connectivity index (χ0v) is 18.6. The largest absolute Gasteiger partial charge is 0.495 e. The van der Waals surface area contributed by atoms with Gasteiger partial charge in [0.05, 0.1) is 18.6 Å². The molecule has 3 aromatic rings. The highest BCUT2D eigenvalue weighted by atomic mass is 32.2. The van der Waals surface area contributed by atoms with Crippen molar-refractivity contribution in [2.24, 2.45) is 0 Å². The lowest BCUT2D eigenvalue weighted by atomic mass is 9.97. The van der Waals surface area contributed by atoms with Gasteiger partial charge in [-0.1, -0.05) is 37.7 Å². The van der Waals surface area contributed by atoms with Gasteiger partial charge >= 0.3 is 0 Å². The van der Waals surface area contributed by atoms with Gasteiger partial charge in [-0.05, 0) is 43.4 Å². The zero-order valence-electron chi connectivity index (χ0n) is 16.9. The molecular weight excluding hydrogens is 402 g/mol. The molecule has 7 heteroatoms. The Balaban J connectivity index is 1.59. The summed E-state index contributed by atoms with van der Waals surface area (Å²) in [7, 11) is 1.60. The van der Waals surface area contributed by atoms with E-state index in [2.05, 4.69) is 19.2 Å². The molecule has 0 bridgehead atoms. The number of amides is 1. The molecule has 2 heterocycles. The van der Waals surface area contributed by atoms with Crippen LogP contribution in [0.4, 0.5) is 5.69 Å². The number of aromatic nitrogens is 2. The van der Waals surface area contributed by atoms with Gasteiger partial charge in [0.15, 0.2) is 0 Å². The number of carbonyl (C=O) groups is 1. The minimum absolute atomic E-state index is 0.0681. The number of rotatable bonds is 6. The number of nitrogens with one attached hydrogen (secondary N) is 1. The van der Waals surface area contributed by atoms with E-state index in [9.17, 15) is 4.79 Å². The van der Waals surface area contributed by atoms with Gasteiger partial charge in [-0.3, -0.25) is 4.79 Å². The predicted octanol–water partition coefficient (Wildman–Crippen LogP) is 5.43. The van der Waals surface area contributed by atoms with Gasteiger partial charge < -0.3 is 10.1 Å². The first-order valence-corrected chi connectivity index (χ1v) is 11.7. The number of anilines is 1. The van der Waals surface area contributed by atoms with Crippen LogP contribution in [0.1, 0.15) is 48.9 Å². The maximum Gasteiger partial charge on any atom is 0.234 e. The molecule has 29 heavy (non-hydrogen) atoms. The van der Waals surface area contributed by atoms with E-state index in [-0.39, 0.29) is 11.8 Å². The number of thiophene rings is 1. The van der Waals surface area contributed by atoms with E-state index in [0.717, 1.165) is 28.5 Å². The molecule has 152 valence electrons. The van der Waals surface area contributed by atoms with E-state index in [1.54, 1.807) is 18.4 Å². The van der Waals surface area contributed by atoms with Crippen molar-refractivity contribution in [3.63, 3.8) is 0 Å². The zero-order chi connectivity index (χ0) is 20.4. The van der Waals surface area contributed by atoms with Crippen LogP contribution in [-0.4, -0.2) is 28.7 Å². The van der Waals surface area contributed by atoms with E-state index < -0.39 is 0 Å². The normalized spacial score (nSPS) is 13.5. The topological polar surface area (TPSA) is 64.1 Å². The molecule has 0 atom stereocenters. The van der Waals surface area contributed by atoms with E-state index in [1.807, 2.05) is 24.3 Å². The standard InChI is InChI=1S/C22H25N3O2S2/c1-13(2)20-24-21(19-14-8-4-7-11-17(14)29-22(19)25-20)28-12-18(26)23-15-9-5-6-10-16(15)27-3/h5-6,9-10,13H,4,7-8,11-12H2,1-3H3,(H,23,26). The molecule has 1 aliphatic carbocycles. The summed E-state index contributed by atoms with van der Waals surface area (Å²) in [5.41, 5.74) is 2.09. The van der Waals surface area contributed by atoms with Crippen molar-refractivity contribution in [1.29, 1.82) is 0 Å². The summed E-state index contributed by atoms with van der Waals surface area (Å²) in [6.45, 7) is 4.22. The minimum atomic E-state index is -0.0681. The van der Waals surface area contributed by atoms with Gasteiger partial charge in [-0.15, -0.1) is 11.3 Å². The number of nitrogens with zero attached hydrogens (tertiary/aromatic N) is 2. The molecule has 0 fully saturated rings. The predicted molar refractivity (Wildman–Crippen MR) is 120 cm³/mol. The molecule has 4 rings (SSSR count). The molecule has 1 aliphatic rings. The average Bonchev–Trinajstić information content (AvgIpc) is 3.11. The van der Waals surface area contributed by atoms with Crippen LogP contribution >= 0.6 is 23.1 Å². The molecule has 1 amide bonds. The monoisotopic (exact) mass is 427 g/mol. The Morgan fingerprint density at radius 1 is 1.24 bits per heavy atom. The second kappa shape index (κ2) is 8.71. The van der Waals surface area contributed by atoms with Gasteiger partial charge in [0, 0.05) is 16.2 Å². The van der Waals surface area contributed by atoms with Gasteiger partial charge in [-0.2, -0.15) is 0 Å². The van der Waals surface area contributed by atoms with Crippen LogP contribution in [0.2, 0.25) is 0 Å². The van der Waals surface area contributed by atoms with Crippen LogP contribution in [0.5, 0.6) is 5.75 Å². The third kappa shape index (κ3) is 4.26. The summed E-state index contributed by atoms with van der Waals surface area (Å²) in [5, 5.41) is 5.06. The Hall–Kier alpha value is -2.12. The number of thioether (sulfide) groups is 1. The van der Waals surface area contributed by atoms with Crippen molar-refractivity contribution in [1.82, 2.24) is 9.97 Å². The Morgan fingerprint density at radius 3 is 2.83 bits per heavy atom. The maximum atomic E-state index is 12.6. The number of ether oxygens (including phenoxy) is 1. The molecule has 0 aliphatic heterocycles. The third-order valence-corrected chi connectivity index (χ3v) is 7.20. The molecule has 0 radical (unpaired) electrons. The second-order valence-corrected chi connectivity index (χ2v) is 9.52. The lowest BCUT2D eigenvalue weighted by molar-refractivity contribution is -0.113. The summed E-state index contributed by atoms with van der Waals surface area (Å²) >= 11 is 3.31. The number of para-hydroxylation sites is 2.